The monoisotopic (exact) mass is 408 g/mol. The Morgan fingerprint density at radius 1 is 0.467 bits per heavy atom. The number of piperazine rings is 2. The first-order valence-electron chi connectivity index (χ1n) is 11.6. The quantitative estimate of drug-likeness (QED) is 0.742. The number of hydrogen-bond donors (Lipinski definition) is 0. The summed E-state index contributed by atoms with van der Waals surface area (Å²) >= 11 is 0. The number of rotatable bonds is 4. The van der Waals surface area contributed by atoms with Gasteiger partial charge in [-0.2, -0.15) is 0 Å². The fourth-order valence-corrected chi connectivity index (χ4v) is 4.27. The maximum Gasteiger partial charge on any atom is 0.0367 e. The molecular weight excluding hydrogens is 368 g/mol. The van der Waals surface area contributed by atoms with Crippen molar-refractivity contribution >= 4 is 11.4 Å². The molecule has 0 aromatic heterocycles. The smallest absolute Gasteiger partial charge is 0.0367 e. The Kier molecular flexibility index (Phi) is 8.59. The van der Waals surface area contributed by atoms with E-state index in [-0.39, 0.29) is 0 Å². The Labute approximate surface area is 184 Å². The third-order valence-electron chi connectivity index (χ3n) is 6.33. The predicted molar refractivity (Wildman–Crippen MR) is 131 cm³/mol. The summed E-state index contributed by atoms with van der Waals surface area (Å²) in [5, 5.41) is 0. The van der Waals surface area contributed by atoms with E-state index >= 15 is 0 Å². The van der Waals surface area contributed by atoms with Gasteiger partial charge in [-0.15, -0.1) is 0 Å². The Morgan fingerprint density at radius 2 is 0.767 bits per heavy atom. The van der Waals surface area contributed by atoms with E-state index < -0.39 is 0 Å². The molecule has 0 radical (unpaired) electrons. The minimum atomic E-state index is 0.683. The summed E-state index contributed by atoms with van der Waals surface area (Å²) in [5.41, 5.74) is 2.72. The van der Waals surface area contributed by atoms with Crippen molar-refractivity contribution in [3.63, 3.8) is 0 Å². The summed E-state index contributed by atoms with van der Waals surface area (Å²) in [6.07, 6.45) is 0. The second-order valence-corrected chi connectivity index (χ2v) is 8.90. The lowest BCUT2D eigenvalue weighted by Gasteiger charge is -2.38. The van der Waals surface area contributed by atoms with Crippen LogP contribution in [0.25, 0.3) is 0 Å². The molecule has 2 fully saturated rings. The van der Waals surface area contributed by atoms with Crippen LogP contribution < -0.4 is 9.80 Å². The van der Waals surface area contributed by atoms with E-state index in [9.17, 15) is 0 Å². The molecular formula is C26H40N4. The molecule has 0 spiro atoms. The minimum absolute atomic E-state index is 0.683. The highest BCUT2D eigenvalue weighted by molar-refractivity contribution is 5.47. The molecule has 0 amide bonds. The first-order valence-corrected chi connectivity index (χ1v) is 11.6. The van der Waals surface area contributed by atoms with Crippen molar-refractivity contribution in [1.29, 1.82) is 0 Å². The maximum atomic E-state index is 2.54. The molecule has 2 aliphatic heterocycles. The molecule has 2 aromatic carbocycles. The molecule has 4 rings (SSSR count). The predicted octanol–water partition coefficient (Wildman–Crippen LogP) is 4.43. The van der Waals surface area contributed by atoms with Crippen molar-refractivity contribution in [3.05, 3.63) is 60.7 Å². The third-order valence-corrected chi connectivity index (χ3v) is 6.33. The van der Waals surface area contributed by atoms with Crippen LogP contribution in [-0.2, 0) is 0 Å². The summed E-state index contributed by atoms with van der Waals surface area (Å²) in [6, 6.07) is 22.8. The van der Waals surface area contributed by atoms with Crippen LogP contribution in [0.1, 0.15) is 27.7 Å². The van der Waals surface area contributed by atoms with Gasteiger partial charge >= 0.3 is 0 Å². The van der Waals surface area contributed by atoms with Crippen LogP contribution in [0, 0.1) is 0 Å². The van der Waals surface area contributed by atoms with E-state index in [4.69, 9.17) is 0 Å². The Morgan fingerprint density at radius 3 is 1.03 bits per heavy atom. The highest BCUT2D eigenvalue weighted by Gasteiger charge is 2.19. The van der Waals surface area contributed by atoms with Crippen LogP contribution in [0.15, 0.2) is 60.7 Å². The van der Waals surface area contributed by atoms with E-state index in [1.807, 2.05) is 0 Å². The normalized spacial score (nSPS) is 18.5. The highest BCUT2D eigenvalue weighted by Crippen LogP contribution is 2.17. The summed E-state index contributed by atoms with van der Waals surface area (Å²) < 4.78 is 0. The van der Waals surface area contributed by atoms with E-state index in [1.165, 1.54) is 37.6 Å². The lowest BCUT2D eigenvalue weighted by molar-refractivity contribution is 0.209. The topological polar surface area (TPSA) is 13.0 Å². The number of hydrogen-bond acceptors (Lipinski definition) is 4. The highest BCUT2D eigenvalue weighted by atomic mass is 15.3. The maximum absolute atomic E-state index is 2.54. The van der Waals surface area contributed by atoms with Crippen molar-refractivity contribution in [2.75, 3.05) is 62.2 Å². The summed E-state index contributed by atoms with van der Waals surface area (Å²) in [6.45, 7) is 18.5. The van der Waals surface area contributed by atoms with Gasteiger partial charge in [-0.25, -0.2) is 0 Å². The molecule has 2 heterocycles. The molecule has 30 heavy (non-hydrogen) atoms. The fourth-order valence-electron chi connectivity index (χ4n) is 4.27. The minimum Gasteiger partial charge on any atom is -0.369 e. The van der Waals surface area contributed by atoms with Crippen LogP contribution in [0.2, 0.25) is 0 Å². The van der Waals surface area contributed by atoms with Gasteiger partial charge in [0.1, 0.15) is 0 Å². The van der Waals surface area contributed by atoms with Crippen molar-refractivity contribution in [1.82, 2.24) is 9.80 Å². The zero-order valence-electron chi connectivity index (χ0n) is 19.4. The molecule has 0 unspecified atom stereocenters. The number of anilines is 2. The van der Waals surface area contributed by atoms with Crippen LogP contribution in [0.5, 0.6) is 0 Å². The second kappa shape index (κ2) is 11.4. The van der Waals surface area contributed by atoms with Crippen LogP contribution >= 0.6 is 0 Å². The molecule has 4 nitrogen and oxygen atoms in total. The molecule has 0 aliphatic carbocycles. The zero-order valence-corrected chi connectivity index (χ0v) is 19.4. The van der Waals surface area contributed by atoms with Crippen molar-refractivity contribution < 1.29 is 0 Å². The SMILES string of the molecule is CC(C)N1CCN(c2ccccc2)CC1.CC(C)N1CCN(c2ccccc2)CC1. The van der Waals surface area contributed by atoms with Gasteiger partial charge in [0.05, 0.1) is 0 Å². The number of para-hydroxylation sites is 2. The Balaban J connectivity index is 0.000000171. The van der Waals surface area contributed by atoms with Gasteiger partial charge in [0, 0.05) is 75.8 Å². The summed E-state index contributed by atoms with van der Waals surface area (Å²) in [4.78, 5) is 10.0. The molecule has 0 N–H and O–H groups in total. The van der Waals surface area contributed by atoms with E-state index in [1.54, 1.807) is 0 Å². The second-order valence-electron chi connectivity index (χ2n) is 8.90. The first-order chi connectivity index (χ1) is 14.5. The van der Waals surface area contributed by atoms with Gasteiger partial charge in [-0.05, 0) is 52.0 Å². The Bertz CT molecular complexity index is 637. The lowest BCUT2D eigenvalue weighted by Crippen LogP contribution is -2.48. The third kappa shape index (κ3) is 6.48. The average molecular weight is 409 g/mol. The number of nitrogens with zero attached hydrogens (tertiary/aromatic N) is 4. The molecule has 2 saturated heterocycles. The summed E-state index contributed by atoms with van der Waals surface area (Å²) in [5.74, 6) is 0. The molecule has 0 saturated carbocycles. The summed E-state index contributed by atoms with van der Waals surface area (Å²) in [7, 11) is 0. The number of benzene rings is 2. The van der Waals surface area contributed by atoms with Gasteiger partial charge in [0.2, 0.25) is 0 Å². The van der Waals surface area contributed by atoms with Gasteiger partial charge in [-0.1, -0.05) is 36.4 Å². The van der Waals surface area contributed by atoms with Gasteiger partial charge in [0.15, 0.2) is 0 Å². The van der Waals surface area contributed by atoms with Crippen molar-refractivity contribution in [3.8, 4) is 0 Å². The van der Waals surface area contributed by atoms with Crippen LogP contribution in [0.4, 0.5) is 11.4 Å². The lowest BCUT2D eigenvalue weighted by atomic mass is 10.2. The molecule has 2 aliphatic rings. The molecule has 0 atom stereocenters. The molecule has 0 bridgehead atoms. The van der Waals surface area contributed by atoms with Gasteiger partial charge in [0.25, 0.3) is 0 Å². The zero-order chi connectivity index (χ0) is 21.3. The molecule has 4 heteroatoms. The molecule has 164 valence electrons. The van der Waals surface area contributed by atoms with Crippen LogP contribution in [0.3, 0.4) is 0 Å². The van der Waals surface area contributed by atoms with Crippen molar-refractivity contribution in [2.45, 2.75) is 39.8 Å². The fraction of sp³-hybridized carbons (Fsp3) is 0.538. The average Bonchev–Trinajstić information content (AvgIpc) is 2.81. The molecule has 2 aromatic rings. The van der Waals surface area contributed by atoms with E-state index in [0.29, 0.717) is 12.1 Å². The van der Waals surface area contributed by atoms with Crippen LogP contribution in [-0.4, -0.2) is 74.2 Å². The van der Waals surface area contributed by atoms with E-state index in [0.717, 1.165) is 26.2 Å². The van der Waals surface area contributed by atoms with E-state index in [2.05, 4.69) is 108 Å². The van der Waals surface area contributed by atoms with Gasteiger partial charge < -0.3 is 9.80 Å². The van der Waals surface area contributed by atoms with Crippen molar-refractivity contribution in [2.24, 2.45) is 0 Å². The standard InChI is InChI=1S/2C13H20N2/c2*1-12(2)14-8-10-15(11-9-14)13-6-4-3-5-7-13/h2*3-7,12H,8-11H2,1-2H3. The first kappa shape index (κ1) is 22.6. The largest absolute Gasteiger partial charge is 0.369 e. The van der Waals surface area contributed by atoms with Gasteiger partial charge in [-0.3, -0.25) is 9.80 Å². The Hall–Kier alpha value is -2.04.